The molecule has 0 bridgehead atoms. The molecule has 0 unspecified atom stereocenters. The Kier molecular flexibility index (Phi) is 5.06. The molecular weight excluding hydrogens is 295 g/mol. The monoisotopic (exact) mass is 314 g/mol. The quantitative estimate of drug-likeness (QED) is 0.900. The number of aliphatic hydroxyl groups is 1. The van der Waals surface area contributed by atoms with Crippen molar-refractivity contribution in [1.82, 2.24) is 10.2 Å². The molecule has 0 saturated heterocycles. The van der Waals surface area contributed by atoms with Crippen molar-refractivity contribution in [2.45, 2.75) is 44.4 Å². The van der Waals surface area contributed by atoms with Gasteiger partial charge in [-0.2, -0.15) is 0 Å². The number of aliphatic hydroxyl groups excluding tert-OH is 1. The summed E-state index contributed by atoms with van der Waals surface area (Å²) >= 11 is 5.99. The van der Waals surface area contributed by atoms with Crippen molar-refractivity contribution < 1.29 is 14.3 Å². The van der Waals surface area contributed by atoms with E-state index in [0.29, 0.717) is 5.56 Å². The molecule has 1 aliphatic carbocycles. The molecule has 2 rings (SSSR count). The van der Waals surface area contributed by atoms with Crippen molar-refractivity contribution in [2.75, 3.05) is 7.05 Å². The average Bonchev–Trinajstić information content (AvgIpc) is 2.83. The van der Waals surface area contributed by atoms with Crippen LogP contribution in [0.25, 0.3) is 0 Å². The Morgan fingerprint density at radius 1 is 1.52 bits per heavy atom. The molecule has 1 aromatic carbocycles. The first-order valence-corrected chi connectivity index (χ1v) is 7.44. The SMILES string of the molecule is C[C@H](NC(=O)N(C)[C@@H]1CCC[C@H]1O)c1ccc(F)cc1Cl. The summed E-state index contributed by atoms with van der Waals surface area (Å²) in [6.45, 7) is 1.79. The van der Waals surface area contributed by atoms with Crippen LogP contribution >= 0.6 is 11.6 Å². The minimum absolute atomic E-state index is 0.152. The first kappa shape index (κ1) is 16.0. The topological polar surface area (TPSA) is 52.6 Å². The number of hydrogen-bond donors (Lipinski definition) is 2. The molecule has 1 fully saturated rings. The molecule has 0 radical (unpaired) electrons. The second-order valence-electron chi connectivity index (χ2n) is 5.51. The Bertz CT molecular complexity index is 526. The highest BCUT2D eigenvalue weighted by Gasteiger charge is 2.31. The van der Waals surface area contributed by atoms with Crippen LogP contribution in [0.15, 0.2) is 18.2 Å². The zero-order chi connectivity index (χ0) is 15.6. The van der Waals surface area contributed by atoms with Gasteiger partial charge in [-0.25, -0.2) is 9.18 Å². The summed E-state index contributed by atoms with van der Waals surface area (Å²) in [5.74, 6) is -0.409. The largest absolute Gasteiger partial charge is 0.391 e. The zero-order valence-electron chi connectivity index (χ0n) is 12.1. The molecule has 21 heavy (non-hydrogen) atoms. The summed E-state index contributed by atoms with van der Waals surface area (Å²) in [5.41, 5.74) is 0.659. The second kappa shape index (κ2) is 6.62. The van der Waals surface area contributed by atoms with E-state index in [1.54, 1.807) is 20.0 Å². The van der Waals surface area contributed by atoms with Crippen molar-refractivity contribution in [2.24, 2.45) is 0 Å². The van der Waals surface area contributed by atoms with Gasteiger partial charge in [-0.05, 0) is 43.9 Å². The van der Waals surface area contributed by atoms with Crippen LogP contribution in [0.5, 0.6) is 0 Å². The first-order valence-electron chi connectivity index (χ1n) is 7.06. The second-order valence-corrected chi connectivity index (χ2v) is 5.92. The number of likely N-dealkylation sites (N-methyl/N-ethyl adjacent to an activating group) is 1. The van der Waals surface area contributed by atoms with Crippen molar-refractivity contribution in [3.63, 3.8) is 0 Å². The summed E-state index contributed by atoms with van der Waals surface area (Å²) in [6, 6.07) is 3.34. The molecule has 0 heterocycles. The van der Waals surface area contributed by atoms with E-state index in [0.717, 1.165) is 19.3 Å². The van der Waals surface area contributed by atoms with Gasteiger partial charge >= 0.3 is 6.03 Å². The van der Waals surface area contributed by atoms with Gasteiger partial charge in [0.1, 0.15) is 5.82 Å². The third kappa shape index (κ3) is 3.66. The summed E-state index contributed by atoms with van der Waals surface area (Å²) in [4.78, 5) is 13.8. The van der Waals surface area contributed by atoms with Gasteiger partial charge in [0.15, 0.2) is 0 Å². The lowest BCUT2D eigenvalue weighted by Crippen LogP contribution is -2.47. The Labute approximate surface area is 128 Å². The van der Waals surface area contributed by atoms with Crippen LogP contribution in [0.2, 0.25) is 5.02 Å². The van der Waals surface area contributed by atoms with Crippen molar-refractivity contribution >= 4 is 17.6 Å². The van der Waals surface area contributed by atoms with E-state index >= 15 is 0 Å². The fraction of sp³-hybridized carbons (Fsp3) is 0.533. The maximum atomic E-state index is 13.0. The molecule has 0 aromatic heterocycles. The van der Waals surface area contributed by atoms with Crippen molar-refractivity contribution in [3.05, 3.63) is 34.6 Å². The molecule has 0 aliphatic heterocycles. The van der Waals surface area contributed by atoms with Crippen LogP contribution in [0.1, 0.15) is 37.8 Å². The van der Waals surface area contributed by atoms with Gasteiger partial charge in [0.05, 0.1) is 18.2 Å². The highest BCUT2D eigenvalue weighted by atomic mass is 35.5. The Hall–Kier alpha value is -1.33. The van der Waals surface area contributed by atoms with Gasteiger partial charge in [0, 0.05) is 12.1 Å². The highest BCUT2D eigenvalue weighted by molar-refractivity contribution is 6.31. The number of halogens is 2. The van der Waals surface area contributed by atoms with E-state index < -0.39 is 11.9 Å². The number of hydrogen-bond acceptors (Lipinski definition) is 2. The summed E-state index contributed by atoms with van der Waals surface area (Å²) in [5, 5.41) is 13.0. The third-order valence-corrected chi connectivity index (χ3v) is 4.36. The number of amides is 2. The molecule has 2 amide bonds. The molecule has 4 nitrogen and oxygen atoms in total. The van der Waals surface area contributed by atoms with Gasteiger partial charge in [-0.3, -0.25) is 0 Å². The summed E-state index contributed by atoms with van der Waals surface area (Å²) in [7, 11) is 1.67. The Morgan fingerprint density at radius 3 is 2.81 bits per heavy atom. The molecule has 1 aliphatic rings. The molecule has 116 valence electrons. The number of carbonyl (C=O) groups excluding carboxylic acids is 1. The van der Waals surface area contributed by atoms with E-state index in [1.807, 2.05) is 0 Å². The molecule has 6 heteroatoms. The number of benzene rings is 1. The lowest BCUT2D eigenvalue weighted by Gasteiger charge is -2.29. The average molecular weight is 315 g/mol. The van der Waals surface area contributed by atoms with Crippen molar-refractivity contribution in [3.8, 4) is 0 Å². The van der Waals surface area contributed by atoms with E-state index in [9.17, 15) is 14.3 Å². The van der Waals surface area contributed by atoms with Gasteiger partial charge < -0.3 is 15.3 Å². The molecule has 1 saturated carbocycles. The van der Waals surface area contributed by atoms with E-state index in [1.165, 1.54) is 17.0 Å². The standard InChI is InChI=1S/C15H20ClFN2O2/c1-9(11-7-6-10(17)8-12(11)16)18-15(21)19(2)13-4-3-5-14(13)20/h6-9,13-14,20H,3-5H2,1-2H3,(H,18,21)/t9-,13+,14+/m0/s1. The molecule has 0 spiro atoms. The first-order chi connectivity index (χ1) is 9.90. The van der Waals surface area contributed by atoms with E-state index in [4.69, 9.17) is 11.6 Å². The highest BCUT2D eigenvalue weighted by Crippen LogP contribution is 2.26. The smallest absolute Gasteiger partial charge is 0.317 e. The minimum atomic E-state index is -0.467. The van der Waals surface area contributed by atoms with Crippen LogP contribution in [0.3, 0.4) is 0 Å². The van der Waals surface area contributed by atoms with Gasteiger partial charge in [0.25, 0.3) is 0 Å². The summed E-state index contributed by atoms with van der Waals surface area (Å²) < 4.78 is 13.0. The van der Waals surface area contributed by atoms with Crippen LogP contribution in [-0.2, 0) is 0 Å². The van der Waals surface area contributed by atoms with Gasteiger partial charge in [-0.15, -0.1) is 0 Å². The minimum Gasteiger partial charge on any atom is -0.391 e. The maximum Gasteiger partial charge on any atom is 0.317 e. The fourth-order valence-electron chi connectivity index (χ4n) is 2.74. The fourth-order valence-corrected chi connectivity index (χ4v) is 3.07. The summed E-state index contributed by atoms with van der Waals surface area (Å²) in [6.07, 6.45) is 1.98. The number of nitrogens with one attached hydrogen (secondary N) is 1. The van der Waals surface area contributed by atoms with Crippen LogP contribution in [0.4, 0.5) is 9.18 Å². The normalized spacial score (nSPS) is 22.9. The molecule has 1 aromatic rings. The number of urea groups is 1. The predicted octanol–water partition coefficient (Wildman–Crippen LogP) is 3.09. The number of carbonyl (C=O) groups is 1. The molecule has 2 N–H and O–H groups in total. The molecule has 3 atom stereocenters. The third-order valence-electron chi connectivity index (χ3n) is 4.03. The van der Waals surface area contributed by atoms with Crippen LogP contribution < -0.4 is 5.32 Å². The lowest BCUT2D eigenvalue weighted by atomic mass is 10.1. The van der Waals surface area contributed by atoms with E-state index in [2.05, 4.69) is 5.32 Å². The van der Waals surface area contributed by atoms with Gasteiger partial charge in [0.2, 0.25) is 0 Å². The predicted molar refractivity (Wildman–Crippen MR) is 79.8 cm³/mol. The molecular formula is C15H20ClFN2O2. The van der Waals surface area contributed by atoms with Crippen LogP contribution in [-0.4, -0.2) is 35.2 Å². The lowest BCUT2D eigenvalue weighted by molar-refractivity contribution is 0.0972. The van der Waals surface area contributed by atoms with Crippen LogP contribution in [0, 0.1) is 5.82 Å². The zero-order valence-corrected chi connectivity index (χ0v) is 12.9. The maximum absolute atomic E-state index is 13.0. The van der Waals surface area contributed by atoms with Crippen molar-refractivity contribution in [1.29, 1.82) is 0 Å². The Morgan fingerprint density at radius 2 is 2.24 bits per heavy atom. The number of nitrogens with zero attached hydrogens (tertiary/aromatic N) is 1. The van der Waals surface area contributed by atoms with E-state index in [-0.39, 0.29) is 23.1 Å². The Balaban J connectivity index is 2.01. The number of rotatable bonds is 3. The van der Waals surface area contributed by atoms with Gasteiger partial charge in [-0.1, -0.05) is 17.7 Å².